The first-order chi connectivity index (χ1) is 9.97. The second-order valence-electron chi connectivity index (χ2n) is 4.09. The fourth-order valence-electron chi connectivity index (χ4n) is 1.78. The van der Waals surface area contributed by atoms with Crippen LogP contribution in [0, 0.1) is 12.7 Å². The summed E-state index contributed by atoms with van der Waals surface area (Å²) < 4.78 is 24.0. The molecule has 8 heteroatoms. The van der Waals surface area contributed by atoms with Gasteiger partial charge in [-0.2, -0.15) is 0 Å². The Morgan fingerprint density at radius 3 is 2.48 bits per heavy atom. The van der Waals surface area contributed by atoms with Gasteiger partial charge in [-0.05, 0) is 6.92 Å². The maximum atomic E-state index is 13.9. The van der Waals surface area contributed by atoms with Crippen LogP contribution in [0.2, 0.25) is 0 Å². The van der Waals surface area contributed by atoms with Gasteiger partial charge < -0.3 is 15.2 Å². The van der Waals surface area contributed by atoms with Gasteiger partial charge in [0, 0.05) is 23.2 Å². The van der Waals surface area contributed by atoms with Gasteiger partial charge in [0.25, 0.3) is 0 Å². The molecule has 0 saturated heterocycles. The van der Waals surface area contributed by atoms with E-state index in [-0.39, 0.29) is 17.2 Å². The second kappa shape index (κ2) is 5.96. The molecule has 0 aliphatic carbocycles. The molecule has 2 N–H and O–H groups in total. The zero-order valence-electron chi connectivity index (χ0n) is 11.7. The number of aryl methyl sites for hydroxylation is 1. The number of nitrogens with two attached hydrogens (primary N) is 1. The Kier molecular flexibility index (Phi) is 4.27. The molecular formula is C13H14FN3O3S. The van der Waals surface area contributed by atoms with E-state index in [1.165, 1.54) is 31.6 Å². The van der Waals surface area contributed by atoms with E-state index in [0.717, 1.165) is 15.8 Å². The standard InChI is InChI=1S/C13H14FN3O3S/c1-7-6-16-13(21-7)17(12(15)18)9-4-8(14)10(19-2)5-11(9)20-3/h4-6H,1-3H3,(H2,15,18). The Morgan fingerprint density at radius 1 is 1.33 bits per heavy atom. The van der Waals surface area contributed by atoms with Crippen LogP contribution in [0.25, 0.3) is 0 Å². The number of aromatic nitrogens is 1. The highest BCUT2D eigenvalue weighted by atomic mass is 32.1. The van der Waals surface area contributed by atoms with Crippen LogP contribution in [0.1, 0.15) is 4.88 Å². The third-order valence-electron chi connectivity index (χ3n) is 2.71. The van der Waals surface area contributed by atoms with E-state index in [4.69, 9.17) is 15.2 Å². The van der Waals surface area contributed by atoms with Crippen LogP contribution in [0.3, 0.4) is 0 Å². The number of benzene rings is 1. The predicted octanol–water partition coefficient (Wildman–Crippen LogP) is 2.82. The maximum Gasteiger partial charge on any atom is 0.325 e. The topological polar surface area (TPSA) is 77.7 Å². The first-order valence-electron chi connectivity index (χ1n) is 5.91. The molecule has 112 valence electrons. The summed E-state index contributed by atoms with van der Waals surface area (Å²) >= 11 is 1.26. The minimum atomic E-state index is -0.785. The van der Waals surface area contributed by atoms with E-state index in [0.29, 0.717) is 5.13 Å². The van der Waals surface area contributed by atoms with E-state index in [1.807, 2.05) is 6.92 Å². The van der Waals surface area contributed by atoms with Crippen molar-refractivity contribution < 1.29 is 18.7 Å². The summed E-state index contributed by atoms with van der Waals surface area (Å²) in [6.07, 6.45) is 1.60. The predicted molar refractivity (Wildman–Crippen MR) is 78.1 cm³/mol. The van der Waals surface area contributed by atoms with Gasteiger partial charge >= 0.3 is 6.03 Å². The number of halogens is 1. The molecule has 2 aromatic rings. The van der Waals surface area contributed by atoms with Crippen molar-refractivity contribution in [2.24, 2.45) is 5.73 Å². The van der Waals surface area contributed by atoms with Crippen LogP contribution >= 0.6 is 11.3 Å². The molecule has 0 unspecified atom stereocenters. The Hall–Kier alpha value is -2.35. The maximum absolute atomic E-state index is 13.9. The molecule has 2 rings (SSSR count). The lowest BCUT2D eigenvalue weighted by Gasteiger charge is -2.20. The van der Waals surface area contributed by atoms with Crippen molar-refractivity contribution in [3.05, 3.63) is 29.0 Å². The molecule has 0 bridgehead atoms. The number of hydrogen-bond donors (Lipinski definition) is 1. The summed E-state index contributed by atoms with van der Waals surface area (Å²) in [7, 11) is 2.75. The van der Waals surface area contributed by atoms with Crippen molar-refractivity contribution in [1.82, 2.24) is 4.98 Å². The van der Waals surface area contributed by atoms with Crippen LogP contribution in [0.5, 0.6) is 11.5 Å². The van der Waals surface area contributed by atoms with Crippen molar-refractivity contribution in [1.29, 1.82) is 0 Å². The Morgan fingerprint density at radius 2 is 2.00 bits per heavy atom. The number of rotatable bonds is 4. The van der Waals surface area contributed by atoms with Crippen molar-refractivity contribution in [3.63, 3.8) is 0 Å². The normalized spacial score (nSPS) is 10.3. The second-order valence-corrected chi connectivity index (χ2v) is 5.30. The average molecular weight is 311 g/mol. The number of carbonyl (C=O) groups excluding carboxylic acids is 1. The van der Waals surface area contributed by atoms with Crippen LogP contribution in [0.4, 0.5) is 20.0 Å². The fourth-order valence-corrected chi connectivity index (χ4v) is 2.56. The monoisotopic (exact) mass is 311 g/mol. The minimum Gasteiger partial charge on any atom is -0.494 e. The van der Waals surface area contributed by atoms with E-state index >= 15 is 0 Å². The molecule has 1 aromatic carbocycles. The van der Waals surface area contributed by atoms with Gasteiger partial charge in [0.05, 0.1) is 19.9 Å². The van der Waals surface area contributed by atoms with Crippen LogP contribution in [0.15, 0.2) is 18.3 Å². The van der Waals surface area contributed by atoms with Crippen LogP contribution in [-0.4, -0.2) is 25.2 Å². The van der Waals surface area contributed by atoms with Gasteiger partial charge in [-0.25, -0.2) is 19.1 Å². The van der Waals surface area contributed by atoms with Crippen LogP contribution < -0.4 is 20.1 Å². The molecule has 0 radical (unpaired) electrons. The van der Waals surface area contributed by atoms with Crippen LogP contribution in [-0.2, 0) is 0 Å². The molecule has 2 amide bonds. The quantitative estimate of drug-likeness (QED) is 0.942. The van der Waals surface area contributed by atoms with E-state index in [9.17, 15) is 9.18 Å². The summed E-state index contributed by atoms with van der Waals surface area (Å²) in [5, 5.41) is 0.336. The Balaban J connectivity index is 2.60. The number of amides is 2. The molecular weight excluding hydrogens is 297 g/mol. The van der Waals surface area contributed by atoms with Gasteiger partial charge in [0.1, 0.15) is 5.75 Å². The lowest BCUT2D eigenvalue weighted by atomic mass is 10.2. The van der Waals surface area contributed by atoms with E-state index < -0.39 is 11.8 Å². The molecule has 0 spiro atoms. The number of methoxy groups -OCH3 is 2. The zero-order chi connectivity index (χ0) is 15.6. The largest absolute Gasteiger partial charge is 0.494 e. The molecule has 1 aromatic heterocycles. The van der Waals surface area contributed by atoms with Gasteiger partial charge in [-0.1, -0.05) is 0 Å². The SMILES string of the molecule is COc1cc(OC)c(N(C(N)=O)c2ncc(C)s2)cc1F. The first-order valence-corrected chi connectivity index (χ1v) is 6.73. The van der Waals surface area contributed by atoms with Gasteiger partial charge in [0.2, 0.25) is 0 Å². The van der Waals surface area contributed by atoms with Crippen molar-refractivity contribution in [2.75, 3.05) is 19.1 Å². The molecule has 0 atom stereocenters. The first kappa shape index (κ1) is 15.0. The van der Waals surface area contributed by atoms with Gasteiger partial charge in [0.15, 0.2) is 16.7 Å². The number of urea groups is 1. The van der Waals surface area contributed by atoms with Crippen molar-refractivity contribution >= 4 is 28.2 Å². The number of carbonyl (C=O) groups is 1. The van der Waals surface area contributed by atoms with Crippen molar-refractivity contribution in [3.8, 4) is 11.5 Å². The van der Waals surface area contributed by atoms with E-state index in [1.54, 1.807) is 6.20 Å². The molecule has 0 saturated carbocycles. The fraction of sp³-hybridized carbons (Fsp3) is 0.231. The van der Waals surface area contributed by atoms with Gasteiger partial charge in [-0.3, -0.25) is 0 Å². The Bertz CT molecular complexity index is 675. The molecule has 21 heavy (non-hydrogen) atoms. The average Bonchev–Trinajstić information content (AvgIpc) is 2.85. The summed E-state index contributed by atoms with van der Waals surface area (Å²) in [5.74, 6) is -0.372. The number of hydrogen-bond acceptors (Lipinski definition) is 5. The van der Waals surface area contributed by atoms with Crippen molar-refractivity contribution in [2.45, 2.75) is 6.92 Å². The summed E-state index contributed by atoms with van der Waals surface area (Å²) in [6, 6.07) is 1.69. The third-order valence-corrected chi connectivity index (χ3v) is 3.61. The van der Waals surface area contributed by atoms with E-state index in [2.05, 4.69) is 4.98 Å². The number of thiazole rings is 1. The third kappa shape index (κ3) is 2.89. The molecule has 0 aliphatic rings. The highest BCUT2D eigenvalue weighted by Gasteiger charge is 2.24. The number of nitrogens with zero attached hydrogens (tertiary/aromatic N) is 2. The smallest absolute Gasteiger partial charge is 0.325 e. The number of ether oxygens (including phenoxy) is 2. The molecule has 0 aliphatic heterocycles. The molecule has 0 fully saturated rings. The summed E-state index contributed by atoms with van der Waals surface area (Å²) in [6.45, 7) is 1.84. The highest BCUT2D eigenvalue weighted by molar-refractivity contribution is 7.15. The highest BCUT2D eigenvalue weighted by Crippen LogP contribution is 2.39. The summed E-state index contributed by atoms with van der Waals surface area (Å²) in [5.41, 5.74) is 5.56. The zero-order valence-corrected chi connectivity index (χ0v) is 12.5. The molecule has 1 heterocycles. The molecule has 6 nitrogen and oxygen atoms in total. The van der Waals surface area contributed by atoms with Gasteiger partial charge in [-0.15, -0.1) is 11.3 Å². The lowest BCUT2D eigenvalue weighted by Crippen LogP contribution is -2.31. The lowest BCUT2D eigenvalue weighted by molar-refractivity contribution is 0.256. The Labute approximate surface area is 124 Å². The minimum absolute atomic E-state index is 0.00957. The number of primary amides is 1. The number of anilines is 2. The summed E-state index contributed by atoms with van der Waals surface area (Å²) in [4.78, 5) is 17.8.